The molecule has 0 spiro atoms. The summed E-state index contributed by atoms with van der Waals surface area (Å²) in [6.07, 6.45) is -1.97. The zero-order chi connectivity index (χ0) is 14.9. The summed E-state index contributed by atoms with van der Waals surface area (Å²) in [5.41, 5.74) is -0.891. The molecule has 0 radical (unpaired) electrons. The van der Waals surface area contributed by atoms with Crippen molar-refractivity contribution in [1.82, 2.24) is 14.6 Å². The maximum Gasteiger partial charge on any atom is 0.435 e. The van der Waals surface area contributed by atoms with Crippen LogP contribution < -0.4 is 5.32 Å². The van der Waals surface area contributed by atoms with E-state index in [9.17, 15) is 18.0 Å². The first kappa shape index (κ1) is 14.1. The van der Waals surface area contributed by atoms with Gasteiger partial charge in [0.05, 0.1) is 5.92 Å². The smallest absolute Gasteiger partial charge is 0.435 e. The predicted octanol–water partition coefficient (Wildman–Crippen LogP) is 1.88. The van der Waals surface area contributed by atoms with Crippen LogP contribution >= 0.6 is 0 Å². The number of rotatable bonds is 4. The Kier molecular flexibility index (Phi) is 3.51. The topological polar surface area (TPSA) is 79.5 Å². The van der Waals surface area contributed by atoms with Crippen molar-refractivity contribution in [3.63, 3.8) is 0 Å². The Hall–Kier alpha value is -2.32. The maximum absolute atomic E-state index is 12.6. The minimum Gasteiger partial charge on any atom is -0.481 e. The number of anilines is 1. The number of aromatic nitrogens is 3. The minimum atomic E-state index is -4.54. The van der Waals surface area contributed by atoms with Crippen molar-refractivity contribution in [2.45, 2.75) is 13.1 Å². The van der Waals surface area contributed by atoms with Crippen LogP contribution in [0.25, 0.3) is 5.52 Å². The Morgan fingerprint density at radius 1 is 1.55 bits per heavy atom. The van der Waals surface area contributed by atoms with Crippen LogP contribution in [0.2, 0.25) is 0 Å². The van der Waals surface area contributed by atoms with Crippen molar-refractivity contribution in [2.24, 2.45) is 5.92 Å². The van der Waals surface area contributed by atoms with Gasteiger partial charge in [0.15, 0.2) is 11.5 Å². The Morgan fingerprint density at radius 3 is 2.85 bits per heavy atom. The highest BCUT2D eigenvalue weighted by molar-refractivity contribution is 5.72. The van der Waals surface area contributed by atoms with E-state index >= 15 is 0 Å². The maximum atomic E-state index is 12.6. The summed E-state index contributed by atoms with van der Waals surface area (Å²) in [5, 5.41) is 14.9. The monoisotopic (exact) mass is 288 g/mol. The lowest BCUT2D eigenvalue weighted by atomic mass is 10.2. The molecule has 20 heavy (non-hydrogen) atoms. The first-order valence-electron chi connectivity index (χ1n) is 5.67. The van der Waals surface area contributed by atoms with Gasteiger partial charge in [-0.1, -0.05) is 6.92 Å². The van der Waals surface area contributed by atoms with Crippen LogP contribution in [0.15, 0.2) is 18.5 Å². The van der Waals surface area contributed by atoms with Gasteiger partial charge in [0.2, 0.25) is 0 Å². The molecule has 0 amide bonds. The van der Waals surface area contributed by atoms with Crippen molar-refractivity contribution in [3.05, 3.63) is 24.2 Å². The lowest BCUT2D eigenvalue weighted by Crippen LogP contribution is -2.20. The molecule has 0 saturated heterocycles. The summed E-state index contributed by atoms with van der Waals surface area (Å²) >= 11 is 0. The van der Waals surface area contributed by atoms with Crippen LogP contribution in [0.5, 0.6) is 0 Å². The number of alkyl halides is 3. The van der Waals surface area contributed by atoms with Gasteiger partial charge in [-0.15, -0.1) is 0 Å². The molecule has 0 fully saturated rings. The van der Waals surface area contributed by atoms with Gasteiger partial charge in [-0.3, -0.25) is 4.79 Å². The normalized spacial score (nSPS) is 13.4. The number of hydrogen-bond acceptors (Lipinski definition) is 4. The fourth-order valence-electron chi connectivity index (χ4n) is 1.53. The summed E-state index contributed by atoms with van der Waals surface area (Å²) < 4.78 is 38.8. The summed E-state index contributed by atoms with van der Waals surface area (Å²) in [5.74, 6) is -1.54. The molecule has 2 N–H and O–H groups in total. The quantitative estimate of drug-likeness (QED) is 0.898. The molecule has 0 aliphatic rings. The highest BCUT2D eigenvalue weighted by Crippen LogP contribution is 2.30. The summed E-state index contributed by atoms with van der Waals surface area (Å²) in [6.45, 7) is 1.53. The Morgan fingerprint density at radius 2 is 2.25 bits per heavy atom. The number of nitrogens with zero attached hydrogens (tertiary/aromatic N) is 3. The van der Waals surface area contributed by atoms with Gasteiger partial charge < -0.3 is 10.4 Å². The Labute approximate surface area is 111 Å². The van der Waals surface area contributed by atoms with E-state index in [1.165, 1.54) is 19.3 Å². The third-order valence-corrected chi connectivity index (χ3v) is 2.68. The van der Waals surface area contributed by atoms with Crippen molar-refractivity contribution < 1.29 is 23.1 Å². The van der Waals surface area contributed by atoms with E-state index in [0.717, 1.165) is 10.6 Å². The van der Waals surface area contributed by atoms with E-state index in [1.54, 1.807) is 0 Å². The van der Waals surface area contributed by atoms with E-state index in [1.807, 2.05) is 0 Å². The second-order valence-corrected chi connectivity index (χ2v) is 4.25. The molecule has 2 heterocycles. The number of aliphatic carboxylic acids is 1. The molecule has 0 aliphatic carbocycles. The molecular formula is C11H11F3N4O2. The number of halogens is 3. The lowest BCUT2D eigenvalue weighted by molar-refractivity contribution is -0.141. The number of nitrogens with one attached hydrogen (secondary N) is 1. The zero-order valence-corrected chi connectivity index (χ0v) is 10.3. The van der Waals surface area contributed by atoms with E-state index < -0.39 is 23.8 Å². The summed E-state index contributed by atoms with van der Waals surface area (Å²) in [6, 6.07) is 0.862. The Bertz CT molecular complexity index is 638. The molecule has 6 nitrogen and oxygen atoms in total. The van der Waals surface area contributed by atoms with E-state index in [0.29, 0.717) is 0 Å². The first-order valence-corrected chi connectivity index (χ1v) is 5.67. The molecule has 9 heteroatoms. The molecule has 0 aromatic carbocycles. The van der Waals surface area contributed by atoms with Gasteiger partial charge in [0, 0.05) is 25.0 Å². The molecule has 2 rings (SSSR count). The second kappa shape index (κ2) is 4.99. The highest BCUT2D eigenvalue weighted by atomic mass is 19.4. The molecule has 1 atom stereocenters. The fraction of sp³-hybridized carbons (Fsp3) is 0.364. The van der Waals surface area contributed by atoms with Gasteiger partial charge in [0.25, 0.3) is 0 Å². The van der Waals surface area contributed by atoms with Gasteiger partial charge in [-0.25, -0.2) is 9.50 Å². The van der Waals surface area contributed by atoms with E-state index in [2.05, 4.69) is 15.4 Å². The van der Waals surface area contributed by atoms with E-state index in [-0.39, 0.29) is 17.9 Å². The second-order valence-electron chi connectivity index (χ2n) is 4.25. The van der Waals surface area contributed by atoms with Gasteiger partial charge in [-0.2, -0.15) is 18.3 Å². The average Bonchev–Trinajstić information content (AvgIpc) is 2.79. The minimum absolute atomic E-state index is 0.0501. The molecule has 1 unspecified atom stereocenters. The van der Waals surface area contributed by atoms with Gasteiger partial charge >= 0.3 is 12.1 Å². The number of carboxylic acids is 1. The molecule has 0 saturated carbocycles. The standard InChI is InChI=1S/C11H11F3N4O2/c1-6(10(19)20)5-16-9-7-4-8(11(12,13)14)17-18(7)3-2-15-9/h2-4,6H,5H2,1H3,(H,15,16)(H,19,20). The number of carboxylic acid groups (broad SMARTS) is 1. The lowest BCUT2D eigenvalue weighted by Gasteiger charge is -2.09. The summed E-state index contributed by atoms with van der Waals surface area (Å²) in [4.78, 5) is 14.6. The van der Waals surface area contributed by atoms with Crippen LogP contribution in [0.1, 0.15) is 12.6 Å². The van der Waals surface area contributed by atoms with Crippen LogP contribution in [0.4, 0.5) is 19.0 Å². The number of hydrogen-bond donors (Lipinski definition) is 2. The molecular weight excluding hydrogens is 277 g/mol. The molecule has 0 aliphatic heterocycles. The molecule has 108 valence electrons. The number of carbonyl (C=O) groups is 1. The third kappa shape index (κ3) is 2.81. The van der Waals surface area contributed by atoms with Crippen LogP contribution in [-0.4, -0.2) is 32.2 Å². The molecule has 0 bridgehead atoms. The van der Waals surface area contributed by atoms with Crippen molar-refractivity contribution in [1.29, 1.82) is 0 Å². The predicted molar refractivity (Wildman–Crippen MR) is 63.3 cm³/mol. The summed E-state index contributed by atoms with van der Waals surface area (Å²) in [7, 11) is 0. The van der Waals surface area contributed by atoms with Gasteiger partial charge in [-0.05, 0) is 0 Å². The SMILES string of the molecule is CC(CNc1nccn2nc(C(F)(F)F)cc12)C(=O)O. The fourth-order valence-corrected chi connectivity index (χ4v) is 1.53. The molecule has 2 aromatic rings. The average molecular weight is 288 g/mol. The highest BCUT2D eigenvalue weighted by Gasteiger charge is 2.34. The van der Waals surface area contributed by atoms with Crippen molar-refractivity contribution in [2.75, 3.05) is 11.9 Å². The van der Waals surface area contributed by atoms with Crippen molar-refractivity contribution >= 4 is 17.3 Å². The third-order valence-electron chi connectivity index (χ3n) is 2.68. The Balaban J connectivity index is 2.30. The van der Waals surface area contributed by atoms with E-state index in [4.69, 9.17) is 5.11 Å². The van der Waals surface area contributed by atoms with Crippen LogP contribution in [0, 0.1) is 5.92 Å². The van der Waals surface area contributed by atoms with Crippen molar-refractivity contribution in [3.8, 4) is 0 Å². The van der Waals surface area contributed by atoms with Gasteiger partial charge in [0.1, 0.15) is 5.52 Å². The van der Waals surface area contributed by atoms with Crippen LogP contribution in [-0.2, 0) is 11.0 Å². The largest absolute Gasteiger partial charge is 0.481 e. The molecule has 2 aromatic heterocycles. The number of fused-ring (bicyclic) bond motifs is 1. The zero-order valence-electron chi connectivity index (χ0n) is 10.3. The first-order chi connectivity index (χ1) is 9.29. The van der Waals surface area contributed by atoms with Crippen LogP contribution in [0.3, 0.4) is 0 Å².